The molecule has 2 aromatic rings. The summed E-state index contributed by atoms with van der Waals surface area (Å²) < 4.78 is 5.31. The lowest BCUT2D eigenvalue weighted by Crippen LogP contribution is -2.55. The molecule has 0 aliphatic carbocycles. The van der Waals surface area contributed by atoms with Crippen LogP contribution >= 0.6 is 11.3 Å². The largest absolute Gasteiger partial charge is 0.497 e. The van der Waals surface area contributed by atoms with E-state index >= 15 is 0 Å². The van der Waals surface area contributed by atoms with Crippen LogP contribution in [0.15, 0.2) is 41.8 Å². The Morgan fingerprint density at radius 2 is 1.76 bits per heavy atom. The van der Waals surface area contributed by atoms with Crippen LogP contribution in [0.5, 0.6) is 5.75 Å². The summed E-state index contributed by atoms with van der Waals surface area (Å²) in [6.07, 6.45) is 2.83. The number of methoxy groups -OCH3 is 1. The third-order valence-electron chi connectivity index (χ3n) is 6.84. The Balaban J connectivity index is 1.51. The van der Waals surface area contributed by atoms with E-state index in [1.165, 1.54) is 11.3 Å². The van der Waals surface area contributed by atoms with Gasteiger partial charge in [0.25, 0.3) is 5.91 Å². The lowest BCUT2D eigenvalue weighted by atomic mass is 9.83. The molecule has 2 fully saturated rings. The second-order valence-corrected chi connectivity index (χ2v) is 9.85. The minimum atomic E-state index is -0.289. The summed E-state index contributed by atoms with van der Waals surface area (Å²) in [6.45, 7) is 4.85. The molecule has 0 saturated carbocycles. The summed E-state index contributed by atoms with van der Waals surface area (Å²) in [5.74, 6) is 0.692. The Labute approximate surface area is 205 Å². The second-order valence-electron chi connectivity index (χ2n) is 8.90. The molecule has 4 rings (SSSR count). The Kier molecular flexibility index (Phi) is 7.88. The second kappa shape index (κ2) is 11.0. The van der Waals surface area contributed by atoms with Gasteiger partial charge in [-0.05, 0) is 42.0 Å². The number of hydrogen-bond donors (Lipinski definition) is 0. The summed E-state index contributed by atoms with van der Waals surface area (Å²) in [5.41, 5.74) is 0.967. The van der Waals surface area contributed by atoms with Crippen LogP contribution in [0.4, 0.5) is 0 Å². The van der Waals surface area contributed by atoms with Crippen LogP contribution in [0.3, 0.4) is 0 Å². The molecule has 0 N–H and O–H groups in total. The van der Waals surface area contributed by atoms with Crippen LogP contribution in [-0.4, -0.2) is 72.3 Å². The van der Waals surface area contributed by atoms with Crippen LogP contribution in [0, 0.1) is 5.92 Å². The minimum Gasteiger partial charge on any atom is -0.497 e. The average molecular weight is 484 g/mol. The molecule has 1 aromatic carbocycles. The van der Waals surface area contributed by atoms with Gasteiger partial charge in [-0.3, -0.25) is 14.4 Å². The van der Waals surface area contributed by atoms with Crippen LogP contribution in [0.1, 0.15) is 53.9 Å². The number of nitrogens with zero attached hydrogens (tertiary/aromatic N) is 3. The molecule has 3 heterocycles. The first-order chi connectivity index (χ1) is 16.5. The number of rotatable bonds is 7. The van der Waals surface area contributed by atoms with E-state index in [0.29, 0.717) is 45.6 Å². The van der Waals surface area contributed by atoms with Gasteiger partial charge in [0.1, 0.15) is 5.75 Å². The number of likely N-dealkylation sites (tertiary alicyclic amines) is 1. The molecule has 7 nitrogen and oxygen atoms in total. The molecule has 0 bridgehead atoms. The molecule has 1 aromatic heterocycles. The monoisotopic (exact) mass is 483 g/mol. The topological polar surface area (TPSA) is 70.2 Å². The summed E-state index contributed by atoms with van der Waals surface area (Å²) in [6, 6.07) is 11.2. The zero-order valence-corrected chi connectivity index (χ0v) is 20.8. The number of hydrogen-bond acceptors (Lipinski definition) is 5. The quantitative estimate of drug-likeness (QED) is 0.600. The van der Waals surface area contributed by atoms with Gasteiger partial charge in [0.05, 0.1) is 23.9 Å². The first kappa shape index (κ1) is 24.3. The predicted molar refractivity (Wildman–Crippen MR) is 132 cm³/mol. The molecule has 2 atom stereocenters. The fourth-order valence-corrected chi connectivity index (χ4v) is 5.63. The van der Waals surface area contributed by atoms with Gasteiger partial charge in [0.2, 0.25) is 11.8 Å². The van der Waals surface area contributed by atoms with Gasteiger partial charge in [0, 0.05) is 39.1 Å². The highest BCUT2D eigenvalue weighted by Crippen LogP contribution is 2.39. The molecule has 0 spiro atoms. The zero-order chi connectivity index (χ0) is 24.1. The maximum Gasteiger partial charge on any atom is 0.264 e. The smallest absolute Gasteiger partial charge is 0.264 e. The van der Waals surface area contributed by atoms with Gasteiger partial charge < -0.3 is 19.4 Å². The Hall–Kier alpha value is -2.87. The fraction of sp³-hybridized carbons (Fsp3) is 0.500. The number of piperidine rings is 1. The van der Waals surface area contributed by atoms with Crippen LogP contribution in [0.25, 0.3) is 0 Å². The van der Waals surface area contributed by atoms with Crippen molar-refractivity contribution in [3.8, 4) is 5.75 Å². The summed E-state index contributed by atoms with van der Waals surface area (Å²) >= 11 is 1.44. The van der Waals surface area contributed by atoms with Crippen molar-refractivity contribution in [2.24, 2.45) is 5.92 Å². The van der Waals surface area contributed by atoms with Crippen molar-refractivity contribution in [1.82, 2.24) is 14.7 Å². The number of unbranched alkanes of at least 4 members (excludes halogenated alkanes) is 1. The lowest BCUT2D eigenvalue weighted by molar-refractivity contribution is -0.149. The average Bonchev–Trinajstić information content (AvgIpc) is 3.42. The van der Waals surface area contributed by atoms with E-state index < -0.39 is 0 Å². The Morgan fingerprint density at radius 1 is 1.06 bits per heavy atom. The number of piperazine rings is 1. The van der Waals surface area contributed by atoms with Crippen molar-refractivity contribution in [2.75, 3.05) is 39.8 Å². The molecule has 8 heteroatoms. The van der Waals surface area contributed by atoms with E-state index in [-0.39, 0.29) is 29.7 Å². The number of thiophene rings is 1. The van der Waals surface area contributed by atoms with Crippen LogP contribution in [0.2, 0.25) is 0 Å². The van der Waals surface area contributed by atoms with Gasteiger partial charge in [-0.2, -0.15) is 0 Å². The Bertz CT molecular complexity index is 984. The SMILES string of the molecule is CCCCN1C(=O)CC[C@H](C(=O)N2CCN(C(=O)c3cccs3)CC2)[C@H]1c1ccc(OC)cc1. The molecule has 2 aliphatic rings. The molecule has 2 aliphatic heterocycles. The number of benzene rings is 1. The van der Waals surface area contributed by atoms with Crippen molar-refractivity contribution >= 4 is 29.1 Å². The number of carbonyl (C=O) groups is 3. The van der Waals surface area contributed by atoms with E-state index in [0.717, 1.165) is 29.0 Å². The maximum atomic E-state index is 13.8. The molecular formula is C26H33N3O4S. The molecule has 182 valence electrons. The highest BCUT2D eigenvalue weighted by atomic mass is 32.1. The molecule has 34 heavy (non-hydrogen) atoms. The van der Waals surface area contributed by atoms with E-state index in [1.807, 2.05) is 56.5 Å². The minimum absolute atomic E-state index is 0.0345. The van der Waals surface area contributed by atoms with Crippen molar-refractivity contribution in [3.63, 3.8) is 0 Å². The molecule has 3 amide bonds. The molecule has 2 saturated heterocycles. The number of amides is 3. The molecule has 0 radical (unpaired) electrons. The van der Waals surface area contributed by atoms with E-state index in [1.54, 1.807) is 7.11 Å². The third-order valence-corrected chi connectivity index (χ3v) is 7.70. The predicted octanol–water partition coefficient (Wildman–Crippen LogP) is 3.82. The zero-order valence-electron chi connectivity index (χ0n) is 19.9. The van der Waals surface area contributed by atoms with E-state index in [2.05, 4.69) is 6.92 Å². The van der Waals surface area contributed by atoms with Crippen LogP contribution < -0.4 is 4.74 Å². The highest BCUT2D eigenvalue weighted by Gasteiger charge is 2.42. The van der Waals surface area contributed by atoms with Gasteiger partial charge in [-0.1, -0.05) is 31.5 Å². The fourth-order valence-electron chi connectivity index (χ4n) is 4.94. The van der Waals surface area contributed by atoms with Crippen molar-refractivity contribution in [2.45, 2.75) is 38.6 Å². The number of ether oxygens (including phenoxy) is 1. The molecule has 0 unspecified atom stereocenters. The van der Waals surface area contributed by atoms with Gasteiger partial charge in [-0.15, -0.1) is 11.3 Å². The summed E-state index contributed by atoms with van der Waals surface area (Å²) in [5, 5.41) is 1.90. The van der Waals surface area contributed by atoms with Crippen molar-refractivity contribution in [1.29, 1.82) is 0 Å². The maximum absolute atomic E-state index is 13.8. The van der Waals surface area contributed by atoms with Crippen molar-refractivity contribution in [3.05, 3.63) is 52.2 Å². The third kappa shape index (κ3) is 5.12. The Morgan fingerprint density at radius 3 is 2.38 bits per heavy atom. The van der Waals surface area contributed by atoms with Crippen molar-refractivity contribution < 1.29 is 19.1 Å². The summed E-state index contributed by atoms with van der Waals surface area (Å²) in [4.78, 5) is 45.7. The van der Waals surface area contributed by atoms with Gasteiger partial charge >= 0.3 is 0 Å². The summed E-state index contributed by atoms with van der Waals surface area (Å²) in [7, 11) is 1.63. The van der Waals surface area contributed by atoms with Crippen LogP contribution in [-0.2, 0) is 9.59 Å². The highest BCUT2D eigenvalue weighted by molar-refractivity contribution is 7.12. The van der Waals surface area contributed by atoms with E-state index in [9.17, 15) is 14.4 Å². The standard InChI is InChI=1S/C26H33N3O4S/c1-3-4-13-29-23(30)12-11-21(24(29)19-7-9-20(33-2)10-8-19)25(31)27-14-16-28(17-15-27)26(32)22-6-5-18-34-22/h5-10,18,21,24H,3-4,11-17H2,1-2H3/t21-,24+/m0/s1. The van der Waals surface area contributed by atoms with Gasteiger partial charge in [0.15, 0.2) is 0 Å². The number of carbonyl (C=O) groups excluding carboxylic acids is 3. The van der Waals surface area contributed by atoms with Gasteiger partial charge in [-0.25, -0.2) is 0 Å². The molecular weight excluding hydrogens is 450 g/mol. The first-order valence-corrected chi connectivity index (χ1v) is 13.0. The normalized spacial score (nSPS) is 21.0. The van der Waals surface area contributed by atoms with E-state index in [4.69, 9.17) is 4.74 Å². The first-order valence-electron chi connectivity index (χ1n) is 12.1. The lowest BCUT2D eigenvalue weighted by Gasteiger charge is -2.44.